The van der Waals surface area contributed by atoms with Gasteiger partial charge >= 0.3 is 0 Å². The molecule has 1 unspecified atom stereocenters. The molecule has 2 aromatic rings. The fourth-order valence-corrected chi connectivity index (χ4v) is 2.63. The fraction of sp³-hybridized carbons (Fsp3) is 0.294. The van der Waals surface area contributed by atoms with Crippen LogP contribution in [-0.4, -0.2) is 6.54 Å². The van der Waals surface area contributed by atoms with Gasteiger partial charge in [0.2, 0.25) is 0 Å². The molecule has 0 aliphatic rings. The van der Waals surface area contributed by atoms with Gasteiger partial charge in [-0.1, -0.05) is 36.7 Å². The molecule has 106 valence electrons. The monoisotopic (exact) mass is 291 g/mol. The molecule has 0 radical (unpaired) electrons. The van der Waals surface area contributed by atoms with Crippen LogP contribution >= 0.6 is 11.6 Å². The van der Waals surface area contributed by atoms with Crippen LogP contribution in [0.3, 0.4) is 0 Å². The zero-order valence-corrected chi connectivity index (χ0v) is 12.5. The van der Waals surface area contributed by atoms with Gasteiger partial charge in [-0.2, -0.15) is 0 Å². The quantitative estimate of drug-likeness (QED) is 0.828. The van der Waals surface area contributed by atoms with Gasteiger partial charge in [-0.15, -0.1) is 0 Å². The van der Waals surface area contributed by atoms with E-state index < -0.39 is 0 Å². The number of nitrogens with one attached hydrogen (secondary N) is 1. The van der Waals surface area contributed by atoms with Crippen LogP contribution < -0.4 is 5.32 Å². The summed E-state index contributed by atoms with van der Waals surface area (Å²) in [6.45, 7) is 4.99. The Labute approximate surface area is 124 Å². The third-order valence-electron chi connectivity index (χ3n) is 3.18. The average Bonchev–Trinajstić information content (AvgIpc) is 2.38. The van der Waals surface area contributed by atoms with E-state index in [1.807, 2.05) is 25.1 Å². The first-order valence-corrected chi connectivity index (χ1v) is 7.24. The number of hydrogen-bond donors (Lipinski definition) is 1. The second kappa shape index (κ2) is 6.87. The van der Waals surface area contributed by atoms with E-state index in [0.717, 1.165) is 29.7 Å². The normalized spacial score (nSPS) is 12.4. The number of hydrogen-bond acceptors (Lipinski definition) is 1. The minimum atomic E-state index is -0.218. The van der Waals surface area contributed by atoms with Crippen LogP contribution in [0.5, 0.6) is 0 Å². The average molecular weight is 292 g/mol. The predicted molar refractivity (Wildman–Crippen MR) is 82.7 cm³/mol. The summed E-state index contributed by atoms with van der Waals surface area (Å²) in [4.78, 5) is 0. The topological polar surface area (TPSA) is 12.0 Å². The van der Waals surface area contributed by atoms with Crippen molar-refractivity contribution in [3.05, 3.63) is 70.0 Å². The van der Waals surface area contributed by atoms with E-state index in [9.17, 15) is 4.39 Å². The maximum absolute atomic E-state index is 13.5. The van der Waals surface area contributed by atoms with E-state index >= 15 is 0 Å². The molecule has 0 aliphatic heterocycles. The van der Waals surface area contributed by atoms with Crippen LogP contribution in [0.25, 0.3) is 0 Å². The zero-order chi connectivity index (χ0) is 14.5. The van der Waals surface area contributed by atoms with E-state index in [1.165, 1.54) is 6.07 Å². The van der Waals surface area contributed by atoms with Gasteiger partial charge in [0.1, 0.15) is 5.82 Å². The second-order valence-electron chi connectivity index (χ2n) is 5.00. The van der Waals surface area contributed by atoms with Crippen LogP contribution in [0, 0.1) is 12.7 Å². The van der Waals surface area contributed by atoms with Crippen molar-refractivity contribution >= 4 is 11.6 Å². The van der Waals surface area contributed by atoms with Crippen LogP contribution in [0.1, 0.15) is 36.1 Å². The number of aryl methyl sites for hydroxylation is 1. The summed E-state index contributed by atoms with van der Waals surface area (Å²) >= 11 is 6.15. The summed E-state index contributed by atoms with van der Waals surface area (Å²) in [5, 5.41) is 4.17. The third kappa shape index (κ3) is 3.81. The Hall–Kier alpha value is -1.38. The zero-order valence-electron chi connectivity index (χ0n) is 11.8. The molecule has 1 atom stereocenters. The number of benzene rings is 2. The molecule has 2 aromatic carbocycles. The SMILES string of the molecule is CCCNC(c1cccc(F)c1)c1cc(C)cc(Cl)c1. The van der Waals surface area contributed by atoms with Crippen LogP contribution in [0.2, 0.25) is 5.02 Å². The summed E-state index contributed by atoms with van der Waals surface area (Å²) < 4.78 is 13.5. The highest BCUT2D eigenvalue weighted by Gasteiger charge is 2.14. The summed E-state index contributed by atoms with van der Waals surface area (Å²) in [7, 11) is 0. The maximum Gasteiger partial charge on any atom is 0.123 e. The first-order valence-electron chi connectivity index (χ1n) is 6.86. The van der Waals surface area contributed by atoms with Crippen LogP contribution in [0.4, 0.5) is 4.39 Å². The van der Waals surface area contributed by atoms with Gasteiger partial charge in [-0.3, -0.25) is 0 Å². The fourth-order valence-electron chi connectivity index (χ4n) is 2.33. The molecular weight excluding hydrogens is 273 g/mol. The van der Waals surface area contributed by atoms with Crippen molar-refractivity contribution in [3.8, 4) is 0 Å². The second-order valence-corrected chi connectivity index (χ2v) is 5.44. The molecule has 0 amide bonds. The smallest absolute Gasteiger partial charge is 0.123 e. The van der Waals surface area contributed by atoms with Crippen LogP contribution in [-0.2, 0) is 0 Å². The van der Waals surface area contributed by atoms with Gasteiger partial charge in [0.15, 0.2) is 0 Å². The first kappa shape index (κ1) is 15.0. The standard InChI is InChI=1S/C17H19ClFN/c1-3-7-20-17(13-5-4-6-16(19)11-13)14-8-12(2)9-15(18)10-14/h4-6,8-11,17,20H,3,7H2,1-2H3. The van der Waals surface area contributed by atoms with E-state index in [0.29, 0.717) is 5.02 Å². The molecule has 2 rings (SSSR count). The molecule has 0 aromatic heterocycles. The Morgan fingerprint density at radius 3 is 2.60 bits per heavy atom. The van der Waals surface area contributed by atoms with E-state index in [4.69, 9.17) is 11.6 Å². The van der Waals surface area contributed by atoms with E-state index in [-0.39, 0.29) is 11.9 Å². The number of halogens is 2. The van der Waals surface area contributed by atoms with Gasteiger partial charge in [0.25, 0.3) is 0 Å². The van der Waals surface area contributed by atoms with Gasteiger partial charge in [-0.05, 0) is 60.8 Å². The molecule has 0 bridgehead atoms. The molecule has 1 N–H and O–H groups in total. The lowest BCUT2D eigenvalue weighted by molar-refractivity contribution is 0.585. The molecule has 0 saturated carbocycles. The van der Waals surface area contributed by atoms with Crippen LogP contribution in [0.15, 0.2) is 42.5 Å². The first-order chi connectivity index (χ1) is 9.60. The third-order valence-corrected chi connectivity index (χ3v) is 3.40. The summed E-state index contributed by atoms with van der Waals surface area (Å²) in [5.41, 5.74) is 3.08. The summed E-state index contributed by atoms with van der Waals surface area (Å²) in [6.07, 6.45) is 1.02. The minimum absolute atomic E-state index is 0.0388. The lowest BCUT2D eigenvalue weighted by Crippen LogP contribution is -2.23. The molecule has 20 heavy (non-hydrogen) atoms. The Bertz CT molecular complexity index is 563. The Balaban J connectivity index is 2.41. The highest BCUT2D eigenvalue weighted by atomic mass is 35.5. The lowest BCUT2D eigenvalue weighted by atomic mass is 9.97. The van der Waals surface area contributed by atoms with E-state index in [2.05, 4.69) is 18.3 Å². The molecule has 0 fully saturated rings. The Morgan fingerprint density at radius 1 is 1.15 bits per heavy atom. The van der Waals surface area contributed by atoms with Crippen molar-refractivity contribution < 1.29 is 4.39 Å². The maximum atomic E-state index is 13.5. The van der Waals surface area contributed by atoms with Gasteiger partial charge in [0.05, 0.1) is 6.04 Å². The van der Waals surface area contributed by atoms with Crippen molar-refractivity contribution in [2.24, 2.45) is 0 Å². The summed E-state index contributed by atoms with van der Waals surface area (Å²) in [5.74, 6) is -0.218. The van der Waals surface area contributed by atoms with Crippen molar-refractivity contribution in [1.82, 2.24) is 5.32 Å². The highest BCUT2D eigenvalue weighted by Crippen LogP contribution is 2.26. The highest BCUT2D eigenvalue weighted by molar-refractivity contribution is 6.30. The molecule has 3 heteroatoms. The predicted octanol–water partition coefficient (Wildman–Crippen LogP) is 4.88. The largest absolute Gasteiger partial charge is 0.306 e. The molecule has 0 aliphatic carbocycles. The van der Waals surface area contributed by atoms with Crippen molar-refractivity contribution in [2.45, 2.75) is 26.3 Å². The van der Waals surface area contributed by atoms with Gasteiger partial charge in [-0.25, -0.2) is 4.39 Å². The molecule has 1 nitrogen and oxygen atoms in total. The van der Waals surface area contributed by atoms with Gasteiger partial charge < -0.3 is 5.32 Å². The molecule has 0 saturated heterocycles. The molecular formula is C17H19ClFN. The summed E-state index contributed by atoms with van der Waals surface area (Å²) in [6, 6.07) is 12.6. The molecule has 0 spiro atoms. The Kier molecular flexibility index (Phi) is 5.16. The van der Waals surface area contributed by atoms with Crippen molar-refractivity contribution in [1.29, 1.82) is 0 Å². The van der Waals surface area contributed by atoms with Gasteiger partial charge in [0, 0.05) is 5.02 Å². The van der Waals surface area contributed by atoms with Crippen molar-refractivity contribution in [3.63, 3.8) is 0 Å². The molecule has 0 heterocycles. The number of rotatable bonds is 5. The lowest BCUT2D eigenvalue weighted by Gasteiger charge is -2.20. The minimum Gasteiger partial charge on any atom is -0.306 e. The van der Waals surface area contributed by atoms with E-state index in [1.54, 1.807) is 12.1 Å². The van der Waals surface area contributed by atoms with Crippen molar-refractivity contribution in [2.75, 3.05) is 6.54 Å². The Morgan fingerprint density at radius 2 is 1.95 bits per heavy atom.